The predicted octanol–water partition coefficient (Wildman–Crippen LogP) is 13.8. The van der Waals surface area contributed by atoms with Gasteiger partial charge in [-0.2, -0.15) is 0 Å². The normalized spacial score (nSPS) is 18.3. The van der Waals surface area contributed by atoms with Gasteiger partial charge >= 0.3 is 9.05 Å². The first-order chi connectivity index (χ1) is 37.7. The number of fused-ring (bicyclic) bond motifs is 8. The lowest BCUT2D eigenvalue weighted by molar-refractivity contribution is -0.135. The molecule has 3 heterocycles. The van der Waals surface area contributed by atoms with Crippen molar-refractivity contribution < 1.29 is 63.3 Å². The van der Waals surface area contributed by atoms with Crippen LogP contribution in [0.1, 0.15) is 104 Å². The van der Waals surface area contributed by atoms with Gasteiger partial charge in [0, 0.05) is 59.4 Å². The first-order valence-electron chi connectivity index (χ1n) is 27.2. The van der Waals surface area contributed by atoms with Gasteiger partial charge in [0.05, 0.1) is 68.2 Å². The molecule has 80 heavy (non-hydrogen) atoms. The first-order valence-corrected chi connectivity index (χ1v) is 28.9. The molecular formula is C63H71F5N2O9Si. The van der Waals surface area contributed by atoms with E-state index in [0.717, 1.165) is 68.6 Å². The van der Waals surface area contributed by atoms with Crippen LogP contribution in [0, 0.1) is 29.1 Å². The number of rotatable bonds is 14. The number of nitrogens with zero attached hydrogens (tertiary/aromatic N) is 2. The van der Waals surface area contributed by atoms with Gasteiger partial charge < -0.3 is 51.2 Å². The summed E-state index contributed by atoms with van der Waals surface area (Å²) in [6.45, 7) is 26.8. The molecule has 0 spiro atoms. The van der Waals surface area contributed by atoms with Gasteiger partial charge in [-0.3, -0.25) is 0 Å². The highest BCUT2D eigenvalue weighted by molar-refractivity contribution is 6.54. The van der Waals surface area contributed by atoms with Crippen LogP contribution in [0.5, 0.6) is 17.2 Å². The van der Waals surface area contributed by atoms with Crippen LogP contribution in [0.3, 0.4) is 0 Å². The first kappa shape index (κ1) is 57.2. The summed E-state index contributed by atoms with van der Waals surface area (Å²) >= 11 is 0. The minimum Gasteiger partial charge on any atom is -0.495 e. The van der Waals surface area contributed by atoms with Crippen molar-refractivity contribution in [3.63, 3.8) is 0 Å². The molecule has 0 N–H and O–H groups in total. The molecule has 0 saturated carbocycles. The third-order valence-corrected chi connectivity index (χ3v) is 17.8. The Labute approximate surface area is 466 Å². The number of methoxy groups -OCH3 is 1. The van der Waals surface area contributed by atoms with Gasteiger partial charge in [-0.25, -0.2) is 22.0 Å². The Balaban J connectivity index is 1.09. The second-order valence-electron chi connectivity index (χ2n) is 24.2. The maximum Gasteiger partial charge on any atom is 0.681 e. The van der Waals surface area contributed by atoms with Crippen LogP contribution in [0.25, 0.3) is 39.1 Å². The van der Waals surface area contributed by atoms with E-state index in [9.17, 15) is 13.2 Å². The highest BCUT2D eigenvalue weighted by Gasteiger charge is 2.54. The average Bonchev–Trinajstić information content (AvgIpc) is 3.92. The third kappa shape index (κ3) is 10.9. The van der Waals surface area contributed by atoms with Crippen LogP contribution in [-0.2, 0) is 38.2 Å². The second-order valence-corrected chi connectivity index (χ2v) is 26.1. The summed E-state index contributed by atoms with van der Waals surface area (Å²) in [4.78, 5) is 4.51. The van der Waals surface area contributed by atoms with Crippen molar-refractivity contribution in [2.45, 2.75) is 104 Å². The zero-order valence-corrected chi connectivity index (χ0v) is 48.7. The van der Waals surface area contributed by atoms with E-state index in [1.807, 2.05) is 106 Å². The van der Waals surface area contributed by atoms with Gasteiger partial charge in [0.1, 0.15) is 23.9 Å². The number of anilines is 2. The quantitative estimate of drug-likeness (QED) is 0.0343. The largest absolute Gasteiger partial charge is 0.681 e. The molecule has 1 aliphatic carbocycles. The smallest absolute Gasteiger partial charge is 0.495 e. The molecule has 3 aliphatic heterocycles. The number of morpholine rings is 2. The van der Waals surface area contributed by atoms with Gasteiger partial charge in [-0.15, -0.1) is 0 Å². The zero-order valence-electron chi connectivity index (χ0n) is 47.7. The fourth-order valence-electron chi connectivity index (χ4n) is 11.3. The van der Waals surface area contributed by atoms with Gasteiger partial charge in [-0.05, 0) is 144 Å². The molecule has 426 valence electrons. The molecule has 0 aromatic heterocycles. The van der Waals surface area contributed by atoms with Crippen LogP contribution in [0.4, 0.5) is 33.3 Å². The highest BCUT2D eigenvalue weighted by atomic mass is 28.4. The molecule has 10 rings (SSSR count). The van der Waals surface area contributed by atoms with E-state index in [4.69, 9.17) is 41.4 Å². The Morgan fingerprint density at radius 2 is 1.14 bits per heavy atom. The Morgan fingerprint density at radius 1 is 0.600 bits per heavy atom. The summed E-state index contributed by atoms with van der Waals surface area (Å²) < 4.78 is 133. The van der Waals surface area contributed by atoms with Crippen LogP contribution >= 0.6 is 0 Å². The van der Waals surface area contributed by atoms with E-state index >= 15 is 8.78 Å². The van der Waals surface area contributed by atoms with Crippen LogP contribution in [0.15, 0.2) is 84.9 Å². The molecule has 0 amide bonds. The fraction of sp³-hybridized carbons (Fsp3) is 0.429. The lowest BCUT2D eigenvalue weighted by Gasteiger charge is -2.41. The van der Waals surface area contributed by atoms with E-state index in [0.29, 0.717) is 62.3 Å². The SMILES string of the molecule is COc1cc2c3c(c4c(c2cc1N1CCOCC1)-c1ccc(-c2c(F)c(F)c(F)c(F)c2F)cc1C4(C)C)C=CC(c1ccc(OCCO[Si](OC(C)(C)C)(OC(C)(C)C)OC(C)(C)C)cc1)(c1ccc(N2CCOCC2)cc1)O3. The molecule has 4 aliphatic rings. The van der Waals surface area contributed by atoms with E-state index in [-0.39, 0.29) is 18.8 Å². The number of benzene rings is 6. The number of hydrogen-bond donors (Lipinski definition) is 0. The van der Waals surface area contributed by atoms with Crippen LogP contribution in [-0.4, -0.2) is 98.8 Å². The molecule has 1 atom stereocenters. The van der Waals surface area contributed by atoms with E-state index in [1.54, 1.807) is 19.2 Å². The predicted molar refractivity (Wildman–Crippen MR) is 302 cm³/mol. The lowest BCUT2D eigenvalue weighted by Crippen LogP contribution is -2.59. The summed E-state index contributed by atoms with van der Waals surface area (Å²) in [5, 5.41) is 1.55. The molecule has 6 aromatic rings. The third-order valence-electron chi connectivity index (χ3n) is 14.7. The Kier molecular flexibility index (Phi) is 15.3. The summed E-state index contributed by atoms with van der Waals surface area (Å²) in [5.41, 5.74) is 2.20. The van der Waals surface area contributed by atoms with Crippen molar-refractivity contribution in [2.75, 3.05) is 82.7 Å². The number of hydrogen-bond acceptors (Lipinski definition) is 11. The topological polar surface area (TPSA) is 89.6 Å². The standard InChI is InChI=1S/C63H71F5N2O9Si/c1-59(2,3)77-80(78-60(4,5)6,79-61(7,8)9)75-34-33-74-42-20-16-40(17-21-42)63(39-14-18-41(19-15-39)69-25-29-72-30-26-69)24-23-44-52-51(45-36-48(70-27-31-73-32-28-70)49(71-12)37-46(45)58(44)76-63)43-22-13-38(35-47(43)62(52,10)11)50-53(64)55(66)57(68)56(67)54(50)65/h13-24,35-37H,25-34H2,1-12H3. The van der Waals surface area contributed by atoms with Gasteiger partial charge in [0.2, 0.25) is 5.82 Å². The minimum atomic E-state index is -3.75. The molecule has 11 nitrogen and oxygen atoms in total. The second kappa shape index (κ2) is 21.4. The molecule has 1 unspecified atom stereocenters. The van der Waals surface area contributed by atoms with Crippen molar-refractivity contribution in [1.29, 1.82) is 0 Å². The van der Waals surface area contributed by atoms with Crippen molar-refractivity contribution in [1.82, 2.24) is 0 Å². The van der Waals surface area contributed by atoms with Gasteiger partial charge in [0.15, 0.2) is 28.9 Å². The summed E-state index contributed by atoms with van der Waals surface area (Å²) in [6, 6.07) is 24.9. The molecular weight excluding hydrogens is 1050 g/mol. The molecule has 2 fully saturated rings. The Morgan fingerprint density at radius 3 is 1.69 bits per heavy atom. The molecule has 0 bridgehead atoms. The summed E-state index contributed by atoms with van der Waals surface area (Å²) in [5.74, 6) is -8.28. The maximum absolute atomic E-state index is 15.6. The van der Waals surface area contributed by atoms with E-state index < -0.39 is 71.5 Å². The van der Waals surface area contributed by atoms with Crippen molar-refractivity contribution in [3.05, 3.63) is 142 Å². The summed E-state index contributed by atoms with van der Waals surface area (Å²) in [7, 11) is -2.12. The number of ether oxygens (including phenoxy) is 5. The molecule has 17 heteroatoms. The lowest BCUT2D eigenvalue weighted by atomic mass is 9.76. The van der Waals surface area contributed by atoms with Gasteiger partial charge in [-0.1, -0.05) is 56.3 Å². The zero-order chi connectivity index (χ0) is 57.3. The summed E-state index contributed by atoms with van der Waals surface area (Å²) in [6.07, 6.45) is 4.13. The highest BCUT2D eigenvalue weighted by Crippen LogP contribution is 2.60. The van der Waals surface area contributed by atoms with E-state index in [1.165, 1.54) is 6.07 Å². The molecule has 2 saturated heterocycles. The Bertz CT molecular complexity index is 3270. The molecule has 6 aromatic carbocycles. The molecule has 0 radical (unpaired) electrons. The van der Waals surface area contributed by atoms with Crippen LogP contribution < -0.4 is 24.0 Å². The Hall–Kier alpha value is -6.05. The van der Waals surface area contributed by atoms with E-state index in [2.05, 4.69) is 52.3 Å². The van der Waals surface area contributed by atoms with Crippen molar-refractivity contribution >= 4 is 37.3 Å². The maximum atomic E-state index is 15.6. The van der Waals surface area contributed by atoms with Gasteiger partial charge in [0.25, 0.3) is 0 Å². The minimum absolute atomic E-state index is 0.116. The average molecular weight is 1120 g/mol. The number of halogens is 5. The van der Waals surface area contributed by atoms with Crippen molar-refractivity contribution in [2.24, 2.45) is 0 Å². The van der Waals surface area contributed by atoms with Crippen molar-refractivity contribution in [3.8, 4) is 39.5 Å². The monoisotopic (exact) mass is 1120 g/mol. The fourth-order valence-corrected chi connectivity index (χ4v) is 14.2. The van der Waals surface area contributed by atoms with Crippen LogP contribution in [0.2, 0.25) is 0 Å².